The van der Waals surface area contributed by atoms with Crippen LogP contribution in [0.1, 0.15) is 12.8 Å². The van der Waals surface area contributed by atoms with E-state index in [0.29, 0.717) is 0 Å². The van der Waals surface area contributed by atoms with Crippen LogP contribution in [-0.2, 0) is 24.9 Å². The Bertz CT molecular complexity index is 512. The molecule has 18 heavy (non-hydrogen) atoms. The van der Waals surface area contributed by atoms with Crippen LogP contribution < -0.4 is 5.14 Å². The standard InChI is InChI=1S/C8H16N2O6S2/c9-17(12,13)6-7-4-8(11)10(5-7)2-1-3-18(14,15)16/h7H,1-6H2,(H2,9,12,13)(H,14,15,16). The topological polar surface area (TPSA) is 135 Å². The fraction of sp³-hybridized carbons (Fsp3) is 0.875. The number of carbonyl (C=O) groups excluding carboxylic acids is 1. The van der Waals surface area contributed by atoms with Crippen molar-refractivity contribution in [3.63, 3.8) is 0 Å². The van der Waals surface area contributed by atoms with Crippen molar-refractivity contribution in [2.45, 2.75) is 12.8 Å². The highest BCUT2D eigenvalue weighted by Crippen LogP contribution is 2.19. The van der Waals surface area contributed by atoms with Crippen molar-refractivity contribution >= 4 is 26.0 Å². The van der Waals surface area contributed by atoms with Gasteiger partial charge in [0.05, 0.1) is 11.5 Å². The number of sulfonamides is 1. The van der Waals surface area contributed by atoms with E-state index in [2.05, 4.69) is 0 Å². The Morgan fingerprint density at radius 2 is 1.94 bits per heavy atom. The summed E-state index contributed by atoms with van der Waals surface area (Å²) in [4.78, 5) is 12.9. The van der Waals surface area contributed by atoms with Gasteiger partial charge in [-0.2, -0.15) is 8.42 Å². The molecule has 0 radical (unpaired) electrons. The summed E-state index contributed by atoms with van der Waals surface area (Å²) in [6, 6.07) is 0. The Morgan fingerprint density at radius 1 is 1.33 bits per heavy atom. The van der Waals surface area contributed by atoms with Crippen LogP contribution in [0.3, 0.4) is 0 Å². The number of hydrogen-bond acceptors (Lipinski definition) is 5. The number of hydrogen-bond donors (Lipinski definition) is 2. The molecule has 0 aromatic carbocycles. The lowest BCUT2D eigenvalue weighted by molar-refractivity contribution is -0.127. The number of rotatable bonds is 6. The van der Waals surface area contributed by atoms with Crippen LogP contribution in [0.25, 0.3) is 0 Å². The third-order valence-electron chi connectivity index (χ3n) is 2.59. The van der Waals surface area contributed by atoms with E-state index in [9.17, 15) is 21.6 Å². The molecular weight excluding hydrogens is 284 g/mol. The fourth-order valence-electron chi connectivity index (χ4n) is 1.95. The van der Waals surface area contributed by atoms with E-state index in [1.54, 1.807) is 0 Å². The van der Waals surface area contributed by atoms with Crippen molar-refractivity contribution in [1.29, 1.82) is 0 Å². The van der Waals surface area contributed by atoms with Gasteiger partial charge in [-0.05, 0) is 6.42 Å². The minimum Gasteiger partial charge on any atom is -0.342 e. The number of nitrogens with two attached hydrogens (primary N) is 1. The van der Waals surface area contributed by atoms with Gasteiger partial charge in [-0.15, -0.1) is 0 Å². The van der Waals surface area contributed by atoms with Gasteiger partial charge in [0.15, 0.2) is 0 Å². The average Bonchev–Trinajstić information content (AvgIpc) is 2.41. The quantitative estimate of drug-likeness (QED) is 0.567. The van der Waals surface area contributed by atoms with Gasteiger partial charge < -0.3 is 4.90 Å². The highest BCUT2D eigenvalue weighted by molar-refractivity contribution is 7.89. The molecule has 1 aliphatic rings. The Labute approximate surface area is 106 Å². The summed E-state index contributed by atoms with van der Waals surface area (Å²) in [5, 5.41) is 4.89. The Balaban J connectivity index is 2.43. The van der Waals surface area contributed by atoms with Crippen LogP contribution in [0.4, 0.5) is 0 Å². The van der Waals surface area contributed by atoms with Crippen LogP contribution in [0.5, 0.6) is 0 Å². The van der Waals surface area contributed by atoms with Crippen LogP contribution in [0.2, 0.25) is 0 Å². The maximum atomic E-state index is 11.5. The SMILES string of the molecule is NS(=O)(=O)CC1CC(=O)N(CCCS(=O)(=O)O)C1. The van der Waals surface area contributed by atoms with E-state index in [0.717, 1.165) is 0 Å². The molecular formula is C8H16N2O6S2. The molecule has 0 saturated carbocycles. The molecule has 0 spiro atoms. The lowest BCUT2D eigenvalue weighted by Crippen LogP contribution is -2.29. The summed E-state index contributed by atoms with van der Waals surface area (Å²) in [6.07, 6.45) is 0.217. The predicted molar refractivity (Wildman–Crippen MR) is 63.7 cm³/mol. The number of amides is 1. The van der Waals surface area contributed by atoms with Crippen LogP contribution in [-0.4, -0.2) is 56.8 Å². The molecule has 3 N–H and O–H groups in total. The van der Waals surface area contributed by atoms with E-state index in [-0.39, 0.29) is 43.5 Å². The van der Waals surface area contributed by atoms with Gasteiger partial charge >= 0.3 is 0 Å². The molecule has 0 aliphatic carbocycles. The molecule has 0 aromatic heterocycles. The molecule has 0 bridgehead atoms. The van der Waals surface area contributed by atoms with Gasteiger partial charge in [-0.25, -0.2) is 13.6 Å². The number of nitrogens with zero attached hydrogens (tertiary/aromatic N) is 1. The van der Waals surface area contributed by atoms with Crippen molar-refractivity contribution in [2.24, 2.45) is 11.1 Å². The summed E-state index contributed by atoms with van der Waals surface area (Å²) >= 11 is 0. The Morgan fingerprint density at radius 3 is 2.44 bits per heavy atom. The minimum absolute atomic E-state index is 0.0995. The van der Waals surface area contributed by atoms with Gasteiger partial charge in [-0.1, -0.05) is 0 Å². The maximum absolute atomic E-state index is 11.5. The zero-order valence-corrected chi connectivity index (χ0v) is 11.3. The van der Waals surface area contributed by atoms with Crippen LogP contribution in [0.15, 0.2) is 0 Å². The second-order valence-corrected chi connectivity index (χ2v) is 7.61. The summed E-state index contributed by atoms with van der Waals surface area (Å²) in [7, 11) is -7.64. The fourth-order valence-corrected chi connectivity index (χ4v) is 3.32. The van der Waals surface area contributed by atoms with Crippen molar-refractivity contribution in [2.75, 3.05) is 24.6 Å². The summed E-state index contributed by atoms with van der Waals surface area (Å²) < 4.78 is 51.3. The lowest BCUT2D eigenvalue weighted by atomic mass is 10.1. The normalized spacial score (nSPS) is 21.6. The molecule has 1 rings (SSSR count). The van der Waals surface area contributed by atoms with Crippen molar-refractivity contribution in [3.8, 4) is 0 Å². The zero-order chi connectivity index (χ0) is 14.0. The first-order valence-electron chi connectivity index (χ1n) is 5.30. The van der Waals surface area contributed by atoms with Gasteiger partial charge in [0.25, 0.3) is 10.1 Å². The first-order valence-corrected chi connectivity index (χ1v) is 8.63. The molecule has 8 nitrogen and oxygen atoms in total. The molecule has 1 heterocycles. The monoisotopic (exact) mass is 300 g/mol. The van der Waals surface area contributed by atoms with Gasteiger partial charge in [0.1, 0.15) is 0 Å². The number of primary sulfonamides is 1. The van der Waals surface area contributed by atoms with Crippen molar-refractivity contribution in [3.05, 3.63) is 0 Å². The van der Waals surface area contributed by atoms with E-state index in [1.807, 2.05) is 0 Å². The van der Waals surface area contributed by atoms with E-state index in [4.69, 9.17) is 9.69 Å². The highest BCUT2D eigenvalue weighted by atomic mass is 32.2. The van der Waals surface area contributed by atoms with Gasteiger partial charge in [-0.3, -0.25) is 9.35 Å². The molecule has 1 saturated heterocycles. The Hall–Kier alpha value is -0.710. The van der Waals surface area contributed by atoms with E-state index < -0.39 is 25.9 Å². The molecule has 10 heteroatoms. The van der Waals surface area contributed by atoms with E-state index in [1.165, 1.54) is 4.90 Å². The van der Waals surface area contributed by atoms with Gasteiger partial charge in [0.2, 0.25) is 15.9 Å². The zero-order valence-electron chi connectivity index (χ0n) is 9.65. The number of carbonyl (C=O) groups is 1. The largest absolute Gasteiger partial charge is 0.342 e. The first kappa shape index (κ1) is 15.3. The molecule has 1 aliphatic heterocycles. The average molecular weight is 300 g/mol. The van der Waals surface area contributed by atoms with Crippen molar-refractivity contribution < 1.29 is 26.2 Å². The third kappa shape index (κ3) is 5.76. The molecule has 1 atom stereocenters. The van der Waals surface area contributed by atoms with Crippen LogP contribution in [0, 0.1) is 5.92 Å². The molecule has 0 aromatic rings. The third-order valence-corrected chi connectivity index (χ3v) is 4.33. The van der Waals surface area contributed by atoms with E-state index >= 15 is 0 Å². The molecule has 1 amide bonds. The van der Waals surface area contributed by atoms with Gasteiger partial charge in [0, 0.05) is 25.4 Å². The Kier molecular flexibility index (Phi) is 4.70. The van der Waals surface area contributed by atoms with Crippen molar-refractivity contribution in [1.82, 2.24) is 4.90 Å². The summed E-state index contributed by atoms with van der Waals surface area (Å²) in [5.74, 6) is -1.25. The maximum Gasteiger partial charge on any atom is 0.264 e. The summed E-state index contributed by atoms with van der Waals surface area (Å²) in [6.45, 7) is 0.431. The smallest absolute Gasteiger partial charge is 0.264 e. The highest BCUT2D eigenvalue weighted by Gasteiger charge is 2.31. The second-order valence-electron chi connectivity index (χ2n) is 4.38. The molecule has 1 unspecified atom stereocenters. The predicted octanol–water partition coefficient (Wildman–Crippen LogP) is -1.60. The first-order chi connectivity index (χ1) is 8.07. The molecule has 106 valence electrons. The summed E-state index contributed by atoms with van der Waals surface area (Å²) in [5.41, 5.74) is 0. The van der Waals surface area contributed by atoms with Crippen LogP contribution >= 0.6 is 0 Å². The molecule has 1 fully saturated rings. The minimum atomic E-state index is -4.03. The lowest BCUT2D eigenvalue weighted by Gasteiger charge is -2.15. The number of likely N-dealkylation sites (tertiary alicyclic amines) is 1. The second kappa shape index (κ2) is 5.51.